The Morgan fingerprint density at radius 3 is 2.20 bits per heavy atom. The van der Waals surface area contributed by atoms with E-state index in [1.54, 1.807) is 0 Å². The molecule has 0 aliphatic carbocycles. The molecule has 0 saturated heterocycles. The van der Waals surface area contributed by atoms with E-state index in [-0.39, 0.29) is 5.41 Å². The Kier molecular flexibility index (Phi) is 3.40. The molecule has 0 bridgehead atoms. The maximum atomic E-state index is 4.18. The lowest BCUT2D eigenvalue weighted by Gasteiger charge is -2.17. The molecule has 0 heterocycles. The van der Waals surface area contributed by atoms with Gasteiger partial charge in [0.2, 0.25) is 0 Å². The molecule has 0 rings (SSSR count). The van der Waals surface area contributed by atoms with Gasteiger partial charge in [-0.25, -0.2) is 0 Å². The fourth-order valence-corrected chi connectivity index (χ4v) is 0.365. The third kappa shape index (κ3) is 3.49. The monoisotopic (exact) mass is 142 g/mol. The fourth-order valence-electron chi connectivity index (χ4n) is 0.365. The molecule has 0 fully saturated rings. The van der Waals surface area contributed by atoms with Gasteiger partial charge in [-0.05, 0) is 13.8 Å². The van der Waals surface area contributed by atoms with E-state index < -0.39 is 0 Å². The van der Waals surface area contributed by atoms with Crippen LogP contribution < -0.4 is 5.43 Å². The molecule has 0 amide bonds. The van der Waals surface area contributed by atoms with Crippen LogP contribution in [0.15, 0.2) is 5.10 Å². The lowest BCUT2D eigenvalue weighted by Crippen LogP contribution is -2.20. The van der Waals surface area contributed by atoms with Crippen molar-refractivity contribution in [3.8, 4) is 0 Å². The van der Waals surface area contributed by atoms with E-state index in [0.717, 1.165) is 12.3 Å². The van der Waals surface area contributed by atoms with Crippen LogP contribution >= 0.6 is 0 Å². The maximum Gasteiger partial charge on any atom is 0.0400 e. The van der Waals surface area contributed by atoms with Crippen LogP contribution in [-0.4, -0.2) is 12.3 Å². The molecule has 10 heavy (non-hydrogen) atoms. The second-order valence-electron chi connectivity index (χ2n) is 3.46. The first kappa shape index (κ1) is 9.47. The van der Waals surface area contributed by atoms with Crippen molar-refractivity contribution in [3.05, 3.63) is 0 Å². The van der Waals surface area contributed by atoms with Gasteiger partial charge in [0.15, 0.2) is 0 Å². The molecule has 0 aliphatic heterocycles. The molecule has 60 valence electrons. The van der Waals surface area contributed by atoms with Crippen molar-refractivity contribution in [1.29, 1.82) is 0 Å². The van der Waals surface area contributed by atoms with Crippen molar-refractivity contribution in [2.75, 3.05) is 6.54 Å². The first-order valence-electron chi connectivity index (χ1n) is 3.76. The molecule has 0 aromatic carbocycles. The highest BCUT2D eigenvalue weighted by molar-refractivity contribution is 5.86. The minimum Gasteiger partial charge on any atom is -0.310 e. The number of hydrazone groups is 1. The Labute approximate surface area is 63.7 Å². The van der Waals surface area contributed by atoms with Crippen LogP contribution in [0.2, 0.25) is 0 Å². The van der Waals surface area contributed by atoms with Crippen molar-refractivity contribution in [2.24, 2.45) is 10.5 Å². The van der Waals surface area contributed by atoms with Crippen LogP contribution in [0.4, 0.5) is 0 Å². The number of hydrogen-bond donors (Lipinski definition) is 1. The van der Waals surface area contributed by atoms with E-state index in [4.69, 9.17) is 0 Å². The summed E-state index contributed by atoms with van der Waals surface area (Å²) in [6.45, 7) is 11.4. The summed E-state index contributed by atoms with van der Waals surface area (Å²) in [7, 11) is 0. The molecule has 0 radical (unpaired) electrons. The summed E-state index contributed by atoms with van der Waals surface area (Å²) in [4.78, 5) is 0. The highest BCUT2D eigenvalue weighted by Gasteiger charge is 2.13. The minimum atomic E-state index is 0.197. The molecule has 0 aliphatic rings. The van der Waals surface area contributed by atoms with E-state index in [2.05, 4.69) is 31.3 Å². The topological polar surface area (TPSA) is 24.4 Å². The predicted octanol–water partition coefficient (Wildman–Crippen LogP) is 2.02. The summed E-state index contributed by atoms with van der Waals surface area (Å²) < 4.78 is 0. The second-order valence-corrected chi connectivity index (χ2v) is 3.46. The van der Waals surface area contributed by atoms with Crippen LogP contribution in [-0.2, 0) is 0 Å². The molecule has 0 saturated carbocycles. The normalized spacial score (nSPS) is 13.5. The molecule has 0 aromatic heterocycles. The van der Waals surface area contributed by atoms with Gasteiger partial charge in [0, 0.05) is 17.7 Å². The number of rotatable bonds is 2. The van der Waals surface area contributed by atoms with Crippen molar-refractivity contribution >= 4 is 5.71 Å². The zero-order valence-corrected chi connectivity index (χ0v) is 7.65. The summed E-state index contributed by atoms with van der Waals surface area (Å²) >= 11 is 0. The molecule has 0 unspecified atom stereocenters. The summed E-state index contributed by atoms with van der Waals surface area (Å²) in [6.07, 6.45) is 0. The van der Waals surface area contributed by atoms with Crippen molar-refractivity contribution in [3.63, 3.8) is 0 Å². The fraction of sp³-hybridized carbons (Fsp3) is 0.875. The molecule has 2 nitrogen and oxygen atoms in total. The number of nitrogens with one attached hydrogen (secondary N) is 1. The SMILES string of the molecule is CCN/N=C(\C)C(C)(C)C. The van der Waals surface area contributed by atoms with Gasteiger partial charge in [-0.1, -0.05) is 20.8 Å². The minimum absolute atomic E-state index is 0.197. The third-order valence-electron chi connectivity index (χ3n) is 1.49. The van der Waals surface area contributed by atoms with E-state index in [1.165, 1.54) is 0 Å². The van der Waals surface area contributed by atoms with Crippen molar-refractivity contribution in [2.45, 2.75) is 34.6 Å². The van der Waals surface area contributed by atoms with Gasteiger partial charge < -0.3 is 5.43 Å². The van der Waals surface area contributed by atoms with Gasteiger partial charge in [-0.15, -0.1) is 0 Å². The summed E-state index contributed by atoms with van der Waals surface area (Å²) in [5, 5.41) is 4.18. The first-order chi connectivity index (χ1) is 4.48. The van der Waals surface area contributed by atoms with E-state index in [1.807, 2.05) is 13.8 Å². The zero-order chi connectivity index (χ0) is 8.20. The molecular formula is C8H18N2. The molecule has 0 aromatic rings. The number of hydrogen-bond acceptors (Lipinski definition) is 2. The van der Waals surface area contributed by atoms with Crippen LogP contribution in [0.1, 0.15) is 34.6 Å². The average Bonchev–Trinajstić information content (AvgIpc) is 1.80. The molecule has 2 heteroatoms. The smallest absolute Gasteiger partial charge is 0.0400 e. The summed E-state index contributed by atoms with van der Waals surface area (Å²) in [5.41, 5.74) is 4.29. The van der Waals surface area contributed by atoms with Crippen LogP contribution in [0, 0.1) is 5.41 Å². The lowest BCUT2D eigenvalue weighted by atomic mass is 9.91. The quantitative estimate of drug-likeness (QED) is 0.463. The largest absolute Gasteiger partial charge is 0.310 e. The van der Waals surface area contributed by atoms with Gasteiger partial charge in [-0.2, -0.15) is 5.10 Å². The Hall–Kier alpha value is -0.530. The molecule has 1 N–H and O–H groups in total. The Balaban J connectivity index is 3.93. The van der Waals surface area contributed by atoms with Gasteiger partial charge in [0.05, 0.1) is 0 Å². The van der Waals surface area contributed by atoms with Gasteiger partial charge in [-0.3, -0.25) is 0 Å². The Morgan fingerprint density at radius 2 is 1.90 bits per heavy atom. The van der Waals surface area contributed by atoms with Crippen LogP contribution in [0.3, 0.4) is 0 Å². The van der Waals surface area contributed by atoms with Gasteiger partial charge >= 0.3 is 0 Å². The van der Waals surface area contributed by atoms with Crippen molar-refractivity contribution < 1.29 is 0 Å². The van der Waals surface area contributed by atoms with E-state index in [9.17, 15) is 0 Å². The lowest BCUT2D eigenvalue weighted by molar-refractivity contribution is 0.577. The number of nitrogens with zero attached hydrogens (tertiary/aromatic N) is 1. The molecule has 0 atom stereocenters. The van der Waals surface area contributed by atoms with Crippen LogP contribution in [0.5, 0.6) is 0 Å². The predicted molar refractivity (Wildman–Crippen MR) is 46.2 cm³/mol. The standard InChI is InChI=1S/C8H18N2/c1-6-9-10-7(2)8(3,4)5/h9H,6H2,1-5H3/b10-7+. The Bertz CT molecular complexity index is 120. The maximum absolute atomic E-state index is 4.18. The summed E-state index contributed by atoms with van der Waals surface area (Å²) in [5.74, 6) is 0. The van der Waals surface area contributed by atoms with Crippen LogP contribution in [0.25, 0.3) is 0 Å². The van der Waals surface area contributed by atoms with E-state index >= 15 is 0 Å². The highest BCUT2D eigenvalue weighted by Crippen LogP contribution is 2.14. The highest BCUT2D eigenvalue weighted by atomic mass is 15.3. The average molecular weight is 142 g/mol. The summed E-state index contributed by atoms with van der Waals surface area (Å²) in [6, 6.07) is 0. The van der Waals surface area contributed by atoms with E-state index in [0.29, 0.717) is 0 Å². The van der Waals surface area contributed by atoms with Gasteiger partial charge in [0.1, 0.15) is 0 Å². The van der Waals surface area contributed by atoms with Gasteiger partial charge in [0.25, 0.3) is 0 Å². The van der Waals surface area contributed by atoms with Crippen molar-refractivity contribution in [1.82, 2.24) is 5.43 Å². The zero-order valence-electron chi connectivity index (χ0n) is 7.65. The molecule has 0 spiro atoms. The second kappa shape index (κ2) is 3.59. The third-order valence-corrected chi connectivity index (χ3v) is 1.49. The Morgan fingerprint density at radius 1 is 1.40 bits per heavy atom. The first-order valence-corrected chi connectivity index (χ1v) is 3.76. The molecular weight excluding hydrogens is 124 g/mol.